The first-order valence-electron chi connectivity index (χ1n) is 4.66. The average Bonchev–Trinajstić information content (AvgIpc) is 2.02. The van der Waals surface area contributed by atoms with Crippen molar-refractivity contribution >= 4 is 17.7 Å². The maximum atomic E-state index is 11.4. The number of rotatable bonds is 6. The summed E-state index contributed by atoms with van der Waals surface area (Å²) in [7, 11) is 3.94. The zero-order chi connectivity index (χ0) is 11.2. The fourth-order valence-corrected chi connectivity index (χ4v) is 0.983. The van der Waals surface area contributed by atoms with Crippen molar-refractivity contribution in [2.75, 3.05) is 27.2 Å². The third kappa shape index (κ3) is 7.12. The fourth-order valence-electron chi connectivity index (χ4n) is 0.916. The molecule has 0 aromatic rings. The Bertz CT molecular complexity index is 183. The molecule has 0 rings (SSSR count). The molecule has 1 amide bonds. The van der Waals surface area contributed by atoms with Gasteiger partial charge in [0, 0.05) is 25.0 Å². The number of halogens is 1. The monoisotopic (exact) mass is 221 g/mol. The summed E-state index contributed by atoms with van der Waals surface area (Å²) in [5, 5.41) is 2.83. The van der Waals surface area contributed by atoms with E-state index < -0.39 is 0 Å². The molecule has 0 spiro atoms. The van der Waals surface area contributed by atoms with Gasteiger partial charge in [-0.05, 0) is 39.7 Å². The summed E-state index contributed by atoms with van der Waals surface area (Å²) in [5.74, 6) is 0.0185. The molecule has 14 heavy (non-hydrogen) atoms. The Balaban J connectivity index is 3.66. The van der Waals surface area contributed by atoms with Crippen molar-refractivity contribution in [3.63, 3.8) is 0 Å². The van der Waals surface area contributed by atoms with Crippen LogP contribution in [-0.4, -0.2) is 43.5 Å². The van der Waals surface area contributed by atoms with Crippen LogP contribution in [0.2, 0.25) is 0 Å². The molecule has 0 fully saturated rings. The number of hydrogen-bond donors (Lipinski definition) is 2. The second-order valence-electron chi connectivity index (χ2n) is 4.31. The van der Waals surface area contributed by atoms with Gasteiger partial charge < -0.3 is 10.2 Å². The number of nitrogens with one attached hydrogen (secondary N) is 2. The molecule has 4 nitrogen and oxygen atoms in total. The summed E-state index contributed by atoms with van der Waals surface area (Å²) in [4.78, 5) is 16.0. The first kappa shape index (κ1) is 13.7. The maximum Gasteiger partial charge on any atom is 0.221 e. The number of carbonyl (C=O) groups is 1. The van der Waals surface area contributed by atoms with Gasteiger partial charge in [0.1, 0.15) is 0 Å². The van der Waals surface area contributed by atoms with Crippen molar-refractivity contribution in [3.8, 4) is 0 Å². The van der Waals surface area contributed by atoms with Gasteiger partial charge in [0.25, 0.3) is 0 Å². The quantitative estimate of drug-likeness (QED) is 0.645. The average molecular weight is 222 g/mol. The molecule has 0 aromatic heterocycles. The highest BCUT2D eigenvalue weighted by Gasteiger charge is 2.20. The molecule has 0 aliphatic rings. The van der Waals surface area contributed by atoms with Gasteiger partial charge in [-0.15, -0.1) is 0 Å². The smallest absolute Gasteiger partial charge is 0.221 e. The van der Waals surface area contributed by atoms with E-state index in [4.69, 9.17) is 11.8 Å². The predicted molar refractivity (Wildman–Crippen MR) is 59.2 cm³/mol. The van der Waals surface area contributed by atoms with E-state index in [1.807, 2.05) is 32.8 Å². The lowest BCUT2D eigenvalue weighted by Crippen LogP contribution is -2.40. The first-order chi connectivity index (χ1) is 6.37. The van der Waals surface area contributed by atoms with Crippen LogP contribution in [0.1, 0.15) is 20.3 Å². The Morgan fingerprint density at radius 1 is 1.43 bits per heavy atom. The minimum Gasteiger partial charge on any atom is -0.355 e. The molecule has 0 aromatic carbocycles. The molecule has 0 aliphatic heterocycles. The lowest BCUT2D eigenvalue weighted by molar-refractivity contribution is -0.122. The van der Waals surface area contributed by atoms with Gasteiger partial charge in [-0.25, -0.2) is 4.84 Å². The molecule has 0 unspecified atom stereocenters. The standard InChI is InChI=1S/C9H20ClN3O/c1-9(2,12-10)7-8(14)11-5-6-13(3)4/h12H,5-7H2,1-4H3,(H,11,14). The van der Waals surface area contributed by atoms with Crippen molar-refractivity contribution < 1.29 is 4.79 Å². The van der Waals surface area contributed by atoms with E-state index in [0.717, 1.165) is 6.54 Å². The highest BCUT2D eigenvalue weighted by atomic mass is 35.5. The van der Waals surface area contributed by atoms with Crippen LogP contribution in [0, 0.1) is 0 Å². The van der Waals surface area contributed by atoms with Gasteiger partial charge in [0.2, 0.25) is 5.91 Å². The van der Waals surface area contributed by atoms with E-state index in [0.29, 0.717) is 13.0 Å². The van der Waals surface area contributed by atoms with Gasteiger partial charge in [-0.3, -0.25) is 4.79 Å². The van der Waals surface area contributed by atoms with E-state index in [9.17, 15) is 4.79 Å². The van der Waals surface area contributed by atoms with E-state index >= 15 is 0 Å². The van der Waals surface area contributed by atoms with Crippen LogP contribution >= 0.6 is 11.8 Å². The zero-order valence-corrected chi connectivity index (χ0v) is 10.1. The van der Waals surface area contributed by atoms with E-state index in [1.54, 1.807) is 0 Å². The largest absolute Gasteiger partial charge is 0.355 e. The molecule has 0 heterocycles. The Kier molecular flexibility index (Phi) is 6.08. The van der Waals surface area contributed by atoms with Crippen LogP contribution < -0.4 is 10.2 Å². The van der Waals surface area contributed by atoms with Crippen molar-refractivity contribution in [2.45, 2.75) is 25.8 Å². The molecular formula is C9H20ClN3O. The lowest BCUT2D eigenvalue weighted by Gasteiger charge is -2.21. The van der Waals surface area contributed by atoms with Gasteiger partial charge in [-0.2, -0.15) is 0 Å². The summed E-state index contributed by atoms with van der Waals surface area (Å²) in [5.41, 5.74) is -0.357. The van der Waals surface area contributed by atoms with Gasteiger partial charge in [0.05, 0.1) is 0 Å². The van der Waals surface area contributed by atoms with Gasteiger partial charge in [-0.1, -0.05) is 0 Å². The molecule has 0 bridgehead atoms. The summed E-state index contributed by atoms with van der Waals surface area (Å²) in [6.45, 7) is 5.28. The van der Waals surface area contributed by atoms with Crippen LogP contribution in [0.25, 0.3) is 0 Å². The van der Waals surface area contributed by atoms with Crippen molar-refractivity contribution in [2.24, 2.45) is 0 Å². The minimum atomic E-state index is -0.357. The number of amides is 1. The lowest BCUT2D eigenvalue weighted by atomic mass is 10.0. The SMILES string of the molecule is CN(C)CCNC(=O)CC(C)(C)NCl. The first-order valence-corrected chi connectivity index (χ1v) is 5.04. The molecule has 2 N–H and O–H groups in total. The Labute approximate surface area is 91.1 Å². The minimum absolute atomic E-state index is 0.0185. The van der Waals surface area contributed by atoms with E-state index in [1.165, 1.54) is 0 Å². The number of hydrogen-bond acceptors (Lipinski definition) is 3. The van der Waals surface area contributed by atoms with Crippen LogP contribution in [0.5, 0.6) is 0 Å². The number of nitrogens with zero attached hydrogens (tertiary/aromatic N) is 1. The number of carbonyl (C=O) groups excluding carboxylic acids is 1. The van der Waals surface area contributed by atoms with Crippen LogP contribution in [0.3, 0.4) is 0 Å². The molecule has 0 saturated carbocycles. The molecule has 0 atom stereocenters. The summed E-state index contributed by atoms with van der Waals surface area (Å²) in [6, 6.07) is 0. The normalized spacial score (nSPS) is 11.9. The molecular weight excluding hydrogens is 202 g/mol. The number of likely N-dealkylation sites (N-methyl/N-ethyl adjacent to an activating group) is 1. The second kappa shape index (κ2) is 6.22. The van der Waals surface area contributed by atoms with E-state index in [2.05, 4.69) is 10.2 Å². The van der Waals surface area contributed by atoms with Crippen molar-refractivity contribution in [1.82, 2.24) is 15.1 Å². The fraction of sp³-hybridized carbons (Fsp3) is 0.889. The topological polar surface area (TPSA) is 44.4 Å². The molecule has 5 heteroatoms. The van der Waals surface area contributed by atoms with Gasteiger partial charge >= 0.3 is 0 Å². The van der Waals surface area contributed by atoms with Crippen LogP contribution in [0.15, 0.2) is 0 Å². The third-order valence-corrected chi connectivity index (χ3v) is 2.25. The van der Waals surface area contributed by atoms with Crippen molar-refractivity contribution in [1.29, 1.82) is 0 Å². The summed E-state index contributed by atoms with van der Waals surface area (Å²) < 4.78 is 0. The highest BCUT2D eigenvalue weighted by Crippen LogP contribution is 2.08. The molecule has 84 valence electrons. The highest BCUT2D eigenvalue weighted by molar-refractivity contribution is 6.14. The zero-order valence-electron chi connectivity index (χ0n) is 9.35. The van der Waals surface area contributed by atoms with Crippen molar-refractivity contribution in [3.05, 3.63) is 0 Å². The Morgan fingerprint density at radius 3 is 2.43 bits per heavy atom. The van der Waals surface area contributed by atoms with Crippen LogP contribution in [0.4, 0.5) is 0 Å². The summed E-state index contributed by atoms with van der Waals surface area (Å²) >= 11 is 5.48. The maximum absolute atomic E-state index is 11.4. The second-order valence-corrected chi connectivity index (χ2v) is 4.50. The molecule has 0 radical (unpaired) electrons. The third-order valence-electron chi connectivity index (χ3n) is 1.74. The Hall–Kier alpha value is -0.320. The van der Waals surface area contributed by atoms with Gasteiger partial charge in [0.15, 0.2) is 0 Å². The predicted octanol–water partition coefficient (Wildman–Crippen LogP) is 0.576. The molecule has 0 aliphatic carbocycles. The summed E-state index contributed by atoms with van der Waals surface area (Å²) in [6.07, 6.45) is 0.379. The molecule has 0 saturated heterocycles. The van der Waals surface area contributed by atoms with Crippen LogP contribution in [-0.2, 0) is 4.79 Å². The van der Waals surface area contributed by atoms with E-state index in [-0.39, 0.29) is 11.4 Å². The Morgan fingerprint density at radius 2 is 2.00 bits per heavy atom.